The van der Waals surface area contributed by atoms with Gasteiger partial charge in [0, 0.05) is 57.9 Å². The first kappa shape index (κ1) is 24.8. The standard InChI is InChI=1S/C24H31F3N8/c1-4-34-7-9-35(10-8-34)21-14-19-20(15-30-21)31-23(33(2)3)32-22(19)29-6-5-16-11-17(24(25,26)27)13-18(28)12-16/h11-15H,4-10,28H2,1-3H3,(H,29,31,32). The molecular weight excluding hydrogens is 457 g/mol. The van der Waals surface area contributed by atoms with Crippen LogP contribution in [-0.4, -0.2) is 73.2 Å². The van der Waals surface area contributed by atoms with Crippen LogP contribution >= 0.6 is 0 Å². The van der Waals surface area contributed by atoms with Crippen molar-refractivity contribution in [2.24, 2.45) is 0 Å². The van der Waals surface area contributed by atoms with Crippen molar-refractivity contribution in [1.29, 1.82) is 0 Å². The Balaban J connectivity index is 1.57. The van der Waals surface area contributed by atoms with Crippen molar-refractivity contribution < 1.29 is 13.2 Å². The maximum Gasteiger partial charge on any atom is 0.416 e. The van der Waals surface area contributed by atoms with Gasteiger partial charge in [-0.15, -0.1) is 0 Å². The first-order valence-electron chi connectivity index (χ1n) is 11.7. The monoisotopic (exact) mass is 488 g/mol. The normalized spacial score (nSPS) is 15.0. The number of nitrogens with one attached hydrogen (secondary N) is 1. The van der Waals surface area contributed by atoms with Crippen molar-refractivity contribution in [1.82, 2.24) is 19.9 Å². The van der Waals surface area contributed by atoms with Crippen molar-refractivity contribution in [3.8, 4) is 0 Å². The summed E-state index contributed by atoms with van der Waals surface area (Å²) >= 11 is 0. The maximum absolute atomic E-state index is 13.2. The lowest BCUT2D eigenvalue weighted by Crippen LogP contribution is -2.46. The number of hydrogen-bond acceptors (Lipinski definition) is 8. The lowest BCUT2D eigenvalue weighted by Gasteiger charge is -2.34. The zero-order chi connectivity index (χ0) is 25.2. The number of rotatable bonds is 7. The van der Waals surface area contributed by atoms with Gasteiger partial charge in [0.2, 0.25) is 5.95 Å². The quantitative estimate of drug-likeness (QED) is 0.489. The molecule has 4 rings (SSSR count). The SMILES string of the molecule is CCN1CCN(c2cc3c(NCCc4cc(N)cc(C(F)(F)F)c4)nc(N(C)C)nc3cn2)CC1. The molecule has 0 spiro atoms. The van der Waals surface area contributed by atoms with E-state index in [2.05, 4.69) is 37.0 Å². The van der Waals surface area contributed by atoms with E-state index in [0.717, 1.165) is 56.1 Å². The fourth-order valence-corrected chi connectivity index (χ4v) is 4.16. The van der Waals surface area contributed by atoms with Gasteiger partial charge in [0.25, 0.3) is 0 Å². The third kappa shape index (κ3) is 5.84. The molecular formula is C24H31F3N8. The van der Waals surface area contributed by atoms with Gasteiger partial charge in [-0.1, -0.05) is 6.92 Å². The van der Waals surface area contributed by atoms with E-state index in [9.17, 15) is 13.2 Å². The highest BCUT2D eigenvalue weighted by molar-refractivity contribution is 5.91. The van der Waals surface area contributed by atoms with Crippen LogP contribution in [-0.2, 0) is 12.6 Å². The Morgan fingerprint density at radius 2 is 1.80 bits per heavy atom. The summed E-state index contributed by atoms with van der Waals surface area (Å²) in [4.78, 5) is 20.4. The predicted molar refractivity (Wildman–Crippen MR) is 134 cm³/mol. The van der Waals surface area contributed by atoms with E-state index < -0.39 is 11.7 Å². The molecule has 1 saturated heterocycles. The molecule has 0 atom stereocenters. The minimum Gasteiger partial charge on any atom is -0.399 e. The van der Waals surface area contributed by atoms with Crippen LogP contribution < -0.4 is 20.9 Å². The second-order valence-electron chi connectivity index (χ2n) is 8.89. The Morgan fingerprint density at radius 3 is 2.46 bits per heavy atom. The Morgan fingerprint density at radius 1 is 1.06 bits per heavy atom. The summed E-state index contributed by atoms with van der Waals surface area (Å²) < 4.78 is 39.5. The summed E-state index contributed by atoms with van der Waals surface area (Å²) in [6, 6.07) is 5.64. The molecule has 35 heavy (non-hydrogen) atoms. The van der Waals surface area contributed by atoms with Gasteiger partial charge in [-0.25, -0.2) is 9.97 Å². The largest absolute Gasteiger partial charge is 0.416 e. The van der Waals surface area contributed by atoms with E-state index >= 15 is 0 Å². The zero-order valence-corrected chi connectivity index (χ0v) is 20.2. The Hall–Kier alpha value is -3.34. The summed E-state index contributed by atoms with van der Waals surface area (Å²) in [6.07, 6.45) is -2.33. The smallest absolute Gasteiger partial charge is 0.399 e. The van der Waals surface area contributed by atoms with Crippen molar-refractivity contribution in [3.63, 3.8) is 0 Å². The highest BCUT2D eigenvalue weighted by Gasteiger charge is 2.31. The molecule has 3 aromatic rings. The van der Waals surface area contributed by atoms with Crippen LogP contribution in [0.5, 0.6) is 0 Å². The van der Waals surface area contributed by atoms with Crippen molar-refractivity contribution in [3.05, 3.63) is 41.6 Å². The van der Waals surface area contributed by atoms with Gasteiger partial charge < -0.3 is 25.8 Å². The summed E-state index contributed by atoms with van der Waals surface area (Å²) in [5.74, 6) is 2.01. The summed E-state index contributed by atoms with van der Waals surface area (Å²) in [5, 5.41) is 4.12. The Bertz CT molecular complexity index is 1170. The second-order valence-corrected chi connectivity index (χ2v) is 8.89. The molecule has 0 unspecified atom stereocenters. The highest BCUT2D eigenvalue weighted by Crippen LogP contribution is 2.32. The number of hydrogen-bond donors (Lipinski definition) is 2. The van der Waals surface area contributed by atoms with Gasteiger partial charge in [0.05, 0.1) is 17.3 Å². The van der Waals surface area contributed by atoms with E-state index in [1.54, 1.807) is 17.2 Å². The molecule has 1 fully saturated rings. The average Bonchev–Trinajstić information content (AvgIpc) is 2.82. The van der Waals surface area contributed by atoms with Crippen LogP contribution in [0.25, 0.3) is 10.9 Å². The third-order valence-electron chi connectivity index (χ3n) is 6.15. The predicted octanol–water partition coefficient (Wildman–Crippen LogP) is 3.49. The molecule has 188 valence electrons. The van der Waals surface area contributed by atoms with Crippen molar-refractivity contribution in [2.45, 2.75) is 19.5 Å². The molecule has 8 nitrogen and oxygen atoms in total. The average molecular weight is 489 g/mol. The molecule has 3 N–H and O–H groups in total. The molecule has 0 aliphatic carbocycles. The van der Waals surface area contributed by atoms with Crippen LogP contribution in [0.1, 0.15) is 18.1 Å². The molecule has 2 aromatic heterocycles. The van der Waals surface area contributed by atoms with E-state index in [4.69, 9.17) is 5.73 Å². The number of likely N-dealkylation sites (N-methyl/N-ethyl adjacent to an activating group) is 1. The molecule has 1 aliphatic rings. The molecule has 0 saturated carbocycles. The minimum absolute atomic E-state index is 0.0936. The van der Waals surface area contributed by atoms with Crippen molar-refractivity contribution >= 4 is 34.2 Å². The fraction of sp³-hybridized carbons (Fsp3) is 0.458. The molecule has 11 heteroatoms. The van der Waals surface area contributed by atoms with E-state index in [1.165, 1.54) is 0 Å². The third-order valence-corrected chi connectivity index (χ3v) is 6.15. The number of nitrogen functional groups attached to an aromatic ring is 1. The van der Waals surface area contributed by atoms with Crippen LogP contribution in [0.4, 0.5) is 36.4 Å². The Kier molecular flexibility index (Phi) is 7.15. The van der Waals surface area contributed by atoms with Crippen LogP contribution in [0.2, 0.25) is 0 Å². The molecule has 3 heterocycles. The molecule has 0 bridgehead atoms. The maximum atomic E-state index is 13.2. The number of fused-ring (bicyclic) bond motifs is 1. The number of anilines is 4. The minimum atomic E-state index is -4.44. The first-order chi connectivity index (χ1) is 16.6. The number of alkyl halides is 3. The first-order valence-corrected chi connectivity index (χ1v) is 11.7. The molecule has 1 aromatic carbocycles. The van der Waals surface area contributed by atoms with E-state index in [1.807, 2.05) is 20.2 Å². The van der Waals surface area contributed by atoms with E-state index in [-0.39, 0.29) is 5.69 Å². The molecule has 1 aliphatic heterocycles. The number of aromatic nitrogens is 3. The molecule has 0 radical (unpaired) electrons. The second kappa shape index (κ2) is 10.1. The number of nitrogens with zero attached hydrogens (tertiary/aromatic N) is 6. The lowest BCUT2D eigenvalue weighted by molar-refractivity contribution is -0.137. The fourth-order valence-electron chi connectivity index (χ4n) is 4.16. The number of pyridine rings is 1. The summed E-state index contributed by atoms with van der Waals surface area (Å²) in [5.41, 5.74) is 6.27. The van der Waals surface area contributed by atoms with Gasteiger partial charge in [0.1, 0.15) is 11.6 Å². The number of nitrogens with two attached hydrogens (primary N) is 1. The Labute approximate surface area is 203 Å². The van der Waals surface area contributed by atoms with Crippen LogP contribution in [0.15, 0.2) is 30.5 Å². The lowest BCUT2D eigenvalue weighted by atomic mass is 10.1. The highest BCUT2D eigenvalue weighted by atomic mass is 19.4. The van der Waals surface area contributed by atoms with Gasteiger partial charge in [-0.3, -0.25) is 0 Å². The number of halogens is 3. The van der Waals surface area contributed by atoms with E-state index in [0.29, 0.717) is 35.8 Å². The van der Waals surface area contributed by atoms with Gasteiger partial charge in [0.15, 0.2) is 0 Å². The van der Waals surface area contributed by atoms with Gasteiger partial charge >= 0.3 is 6.18 Å². The number of piperazine rings is 1. The topological polar surface area (TPSA) is 86.4 Å². The van der Waals surface area contributed by atoms with Crippen LogP contribution in [0.3, 0.4) is 0 Å². The van der Waals surface area contributed by atoms with Crippen molar-refractivity contribution in [2.75, 3.05) is 74.2 Å². The summed E-state index contributed by atoms with van der Waals surface area (Å²) in [6.45, 7) is 7.33. The van der Waals surface area contributed by atoms with Crippen LogP contribution in [0, 0.1) is 0 Å². The van der Waals surface area contributed by atoms with Gasteiger partial charge in [-0.2, -0.15) is 18.2 Å². The summed E-state index contributed by atoms with van der Waals surface area (Å²) in [7, 11) is 3.71. The number of benzene rings is 1. The van der Waals surface area contributed by atoms with Gasteiger partial charge in [-0.05, 0) is 42.8 Å². The zero-order valence-electron chi connectivity index (χ0n) is 20.2. The molecule has 0 amide bonds.